The molecule has 6 aromatic carbocycles. The van der Waals surface area contributed by atoms with Gasteiger partial charge in [0.25, 0.3) is 0 Å². The molecule has 0 aliphatic carbocycles. The van der Waals surface area contributed by atoms with Crippen molar-refractivity contribution in [3.63, 3.8) is 0 Å². The van der Waals surface area contributed by atoms with Gasteiger partial charge >= 0.3 is 0 Å². The molecule has 9 rings (SSSR count). The van der Waals surface area contributed by atoms with E-state index in [2.05, 4.69) is 160 Å². The zero-order valence-electron chi connectivity index (χ0n) is 29.6. The zero-order chi connectivity index (χ0) is 35.5. The maximum atomic E-state index is 3.38. The molecule has 51 heavy (non-hydrogen) atoms. The van der Waals surface area contributed by atoms with E-state index < -0.39 is 0 Å². The first-order valence-corrected chi connectivity index (χ1v) is 17.3. The first-order valence-electron chi connectivity index (χ1n) is 17.3. The van der Waals surface area contributed by atoms with E-state index in [4.69, 9.17) is 0 Å². The van der Waals surface area contributed by atoms with Gasteiger partial charge in [0.1, 0.15) is 0 Å². The first kappa shape index (κ1) is 35.8. The number of fused-ring (bicyclic) bond motifs is 4. The topological polar surface area (TPSA) is 71.4 Å². The summed E-state index contributed by atoms with van der Waals surface area (Å²) in [5, 5.41) is 10.2. The van der Waals surface area contributed by atoms with Crippen LogP contribution in [-0.2, 0) is 6.42 Å². The summed E-state index contributed by atoms with van der Waals surface area (Å²) in [6.07, 6.45) is 6.79. The van der Waals surface area contributed by atoms with E-state index in [0.717, 1.165) is 6.42 Å². The number of anilines is 2. The minimum absolute atomic E-state index is 1.09. The van der Waals surface area contributed by atoms with Crippen LogP contribution >= 0.6 is 0 Å². The van der Waals surface area contributed by atoms with Crippen molar-refractivity contribution in [1.82, 2.24) is 15.0 Å². The van der Waals surface area contributed by atoms with Crippen LogP contribution in [0.25, 0.3) is 43.8 Å². The lowest BCUT2D eigenvalue weighted by atomic mass is 10.0. The molecule has 0 amide bonds. The van der Waals surface area contributed by atoms with Crippen molar-refractivity contribution in [3.8, 4) is 11.1 Å². The second-order valence-electron chi connectivity index (χ2n) is 11.6. The van der Waals surface area contributed by atoms with Crippen molar-refractivity contribution in [1.29, 1.82) is 0 Å². The van der Waals surface area contributed by atoms with Gasteiger partial charge in [0.15, 0.2) is 0 Å². The van der Waals surface area contributed by atoms with E-state index in [1.807, 2.05) is 75.2 Å². The molecular formula is C46H47N5. The average molecular weight is 670 g/mol. The standard InChI is InChI=1S/C13H13N.C12H9N.C9H13N.C8H7N.C4H5N/c1-14-13-10-6-5-9-12(13)11-7-3-2-4-8-11;1-3-7-11-9(5-1)10-6-2-4-8-12(10)13-11;1-3-8-6-4-5-7-9(8)10-2;1-2-4-8-7(3-1)5-6-9-8;1-2-4-5-3-1/h2-10,14H,1H3;1-8,13H;4-7,10H,3H2,1-2H3;1-6,9H;1-5H. The van der Waals surface area contributed by atoms with Gasteiger partial charge < -0.3 is 25.6 Å². The normalized spacial score (nSPS) is 9.94. The summed E-state index contributed by atoms with van der Waals surface area (Å²) in [4.78, 5) is 9.36. The van der Waals surface area contributed by atoms with Crippen molar-refractivity contribution in [2.75, 3.05) is 24.7 Å². The largest absolute Gasteiger partial charge is 0.388 e. The number of rotatable bonds is 4. The number of nitrogens with one attached hydrogen (secondary N) is 5. The van der Waals surface area contributed by atoms with Crippen LogP contribution in [-0.4, -0.2) is 29.0 Å². The number of hydrogen-bond donors (Lipinski definition) is 5. The Morgan fingerprint density at radius 1 is 0.451 bits per heavy atom. The van der Waals surface area contributed by atoms with Gasteiger partial charge in [0.05, 0.1) is 0 Å². The summed E-state index contributed by atoms with van der Waals surface area (Å²) in [7, 11) is 3.90. The van der Waals surface area contributed by atoms with Crippen LogP contribution in [0.4, 0.5) is 11.4 Å². The second-order valence-corrected chi connectivity index (χ2v) is 11.6. The Morgan fingerprint density at radius 2 is 0.980 bits per heavy atom. The van der Waals surface area contributed by atoms with Gasteiger partial charge in [-0.15, -0.1) is 0 Å². The van der Waals surface area contributed by atoms with Gasteiger partial charge in [-0.25, -0.2) is 0 Å². The van der Waals surface area contributed by atoms with Crippen LogP contribution in [0.15, 0.2) is 188 Å². The first-order chi connectivity index (χ1) is 25.2. The molecule has 5 nitrogen and oxygen atoms in total. The fourth-order valence-electron chi connectivity index (χ4n) is 5.71. The van der Waals surface area contributed by atoms with Crippen molar-refractivity contribution in [2.24, 2.45) is 0 Å². The van der Waals surface area contributed by atoms with Crippen LogP contribution in [0.1, 0.15) is 12.5 Å². The lowest BCUT2D eigenvalue weighted by molar-refractivity contribution is 1.14. The molecule has 0 spiro atoms. The smallest absolute Gasteiger partial charge is 0.0464 e. The van der Waals surface area contributed by atoms with Gasteiger partial charge in [-0.2, -0.15) is 0 Å². The minimum atomic E-state index is 1.09. The number of aryl methyl sites for hydroxylation is 1. The Hall–Kier alpha value is -6.46. The summed E-state index contributed by atoms with van der Waals surface area (Å²) in [6.45, 7) is 2.16. The molecule has 0 fully saturated rings. The summed E-state index contributed by atoms with van der Waals surface area (Å²) in [6, 6.07) is 58.0. The number of H-pyrrole nitrogens is 3. The van der Waals surface area contributed by atoms with Gasteiger partial charge in [0, 0.05) is 76.9 Å². The zero-order valence-corrected chi connectivity index (χ0v) is 29.6. The molecule has 3 heterocycles. The van der Waals surface area contributed by atoms with E-state index >= 15 is 0 Å². The van der Waals surface area contributed by atoms with E-state index in [1.54, 1.807) is 0 Å². The molecule has 0 bridgehead atoms. The molecule has 0 aliphatic rings. The van der Waals surface area contributed by atoms with Crippen LogP contribution in [0.2, 0.25) is 0 Å². The molecule has 5 heteroatoms. The molecule has 0 aliphatic heterocycles. The third kappa shape index (κ3) is 10.3. The molecule has 256 valence electrons. The highest BCUT2D eigenvalue weighted by Gasteiger charge is 2.01. The van der Waals surface area contributed by atoms with Crippen molar-refractivity contribution < 1.29 is 0 Å². The quantitative estimate of drug-likeness (QED) is 0.129. The average Bonchev–Trinajstić information content (AvgIpc) is 4.02. The summed E-state index contributed by atoms with van der Waals surface area (Å²) in [5.74, 6) is 0. The molecule has 0 saturated heterocycles. The van der Waals surface area contributed by atoms with Crippen LogP contribution in [0.5, 0.6) is 0 Å². The molecule has 0 atom stereocenters. The summed E-state index contributed by atoms with van der Waals surface area (Å²) < 4.78 is 0. The van der Waals surface area contributed by atoms with E-state index in [0.29, 0.717) is 0 Å². The fraction of sp³-hybridized carbons (Fsp3) is 0.0870. The Balaban J connectivity index is 0.000000127. The Bertz CT molecular complexity index is 2160. The Morgan fingerprint density at radius 3 is 1.55 bits per heavy atom. The number of aromatic nitrogens is 3. The van der Waals surface area contributed by atoms with E-state index in [-0.39, 0.29) is 0 Å². The maximum absolute atomic E-state index is 3.38. The fourth-order valence-corrected chi connectivity index (χ4v) is 5.71. The number of para-hydroxylation sites is 5. The molecule has 0 unspecified atom stereocenters. The van der Waals surface area contributed by atoms with Crippen molar-refractivity contribution in [3.05, 3.63) is 194 Å². The van der Waals surface area contributed by atoms with Gasteiger partial charge in [-0.05, 0) is 71.5 Å². The van der Waals surface area contributed by atoms with Gasteiger partial charge in [0.2, 0.25) is 0 Å². The molecule has 3 aromatic heterocycles. The predicted octanol–water partition coefficient (Wildman–Crippen LogP) is 12.2. The minimum Gasteiger partial charge on any atom is -0.388 e. The van der Waals surface area contributed by atoms with Crippen LogP contribution in [0, 0.1) is 0 Å². The van der Waals surface area contributed by atoms with Crippen molar-refractivity contribution >= 4 is 44.1 Å². The van der Waals surface area contributed by atoms with Gasteiger partial charge in [-0.3, -0.25) is 0 Å². The highest BCUT2D eigenvalue weighted by molar-refractivity contribution is 6.07. The number of aromatic amines is 3. The summed E-state index contributed by atoms with van der Waals surface area (Å²) in [5.41, 5.74) is 9.91. The Kier molecular flexibility index (Phi) is 13.7. The third-order valence-electron chi connectivity index (χ3n) is 8.32. The van der Waals surface area contributed by atoms with Crippen LogP contribution in [0.3, 0.4) is 0 Å². The molecule has 0 radical (unpaired) electrons. The lowest BCUT2D eigenvalue weighted by Crippen LogP contribution is -1.92. The second kappa shape index (κ2) is 19.5. The highest BCUT2D eigenvalue weighted by Crippen LogP contribution is 2.27. The Labute approximate surface area is 301 Å². The maximum Gasteiger partial charge on any atom is 0.0464 e. The van der Waals surface area contributed by atoms with Crippen molar-refractivity contribution in [2.45, 2.75) is 13.3 Å². The lowest BCUT2D eigenvalue weighted by Gasteiger charge is -2.08. The SMILES string of the molecule is CCc1ccccc1NC.CNc1ccccc1-c1ccccc1.c1cc[nH]c1.c1ccc2[nH]ccc2c1.c1ccc2c(c1)[nH]c1ccccc12. The summed E-state index contributed by atoms with van der Waals surface area (Å²) >= 11 is 0. The number of benzene rings is 6. The van der Waals surface area contributed by atoms with E-state index in [1.165, 1.54) is 60.8 Å². The molecule has 5 N–H and O–H groups in total. The third-order valence-corrected chi connectivity index (χ3v) is 8.32. The monoisotopic (exact) mass is 669 g/mol. The number of hydrogen-bond acceptors (Lipinski definition) is 2. The van der Waals surface area contributed by atoms with Crippen LogP contribution < -0.4 is 10.6 Å². The van der Waals surface area contributed by atoms with Gasteiger partial charge in [-0.1, -0.05) is 128 Å². The molecule has 9 aromatic rings. The molecule has 0 saturated carbocycles. The van der Waals surface area contributed by atoms with E-state index in [9.17, 15) is 0 Å². The predicted molar refractivity (Wildman–Crippen MR) is 222 cm³/mol. The highest BCUT2D eigenvalue weighted by atomic mass is 14.8. The molecular weight excluding hydrogens is 623 g/mol.